The van der Waals surface area contributed by atoms with E-state index in [0.29, 0.717) is 12.2 Å². The number of phenolic OH excluding ortho intramolecular Hbond substituents is 1. The minimum absolute atomic E-state index is 0.0639. The number of aliphatic hydroxyl groups is 1. The van der Waals surface area contributed by atoms with Crippen LogP contribution < -0.4 is 4.74 Å². The van der Waals surface area contributed by atoms with E-state index < -0.39 is 11.0 Å². The molecule has 1 spiro atoms. The number of ether oxygens (including phenoxy) is 1. The Hall–Kier alpha value is -2.54. The summed E-state index contributed by atoms with van der Waals surface area (Å²) in [5.74, 6) is 1.57. The molecule has 2 aromatic carbocycles. The number of aromatic hydroxyl groups is 1. The van der Waals surface area contributed by atoms with Crippen LogP contribution in [-0.2, 0) is 24.8 Å². The summed E-state index contributed by atoms with van der Waals surface area (Å²) < 4.78 is 6.69. The highest BCUT2D eigenvalue weighted by Crippen LogP contribution is 2.69. The third kappa shape index (κ3) is 2.50. The van der Waals surface area contributed by atoms with E-state index in [9.17, 15) is 10.2 Å². The van der Waals surface area contributed by atoms with Gasteiger partial charge in [-0.05, 0) is 87.1 Å². The Bertz CT molecular complexity index is 1390. The number of aromatic nitrogens is 1. The largest absolute Gasteiger partial charge is 0.504 e. The first-order valence-electron chi connectivity index (χ1n) is 13.2. The minimum atomic E-state index is -0.934. The van der Waals surface area contributed by atoms with Crippen molar-refractivity contribution in [1.29, 1.82) is 0 Å². The lowest BCUT2D eigenvalue weighted by atomic mass is 9.49. The van der Waals surface area contributed by atoms with Gasteiger partial charge in [0.2, 0.25) is 0 Å². The van der Waals surface area contributed by atoms with Crippen molar-refractivity contribution in [3.63, 3.8) is 0 Å². The van der Waals surface area contributed by atoms with Gasteiger partial charge in [-0.3, -0.25) is 4.90 Å². The summed E-state index contributed by atoms with van der Waals surface area (Å²) in [6.45, 7) is 2.94. The van der Waals surface area contributed by atoms with Crippen LogP contribution in [0.1, 0.15) is 53.3 Å². The van der Waals surface area contributed by atoms with Crippen LogP contribution in [0, 0.1) is 5.92 Å². The number of aromatic amines is 1. The standard InChI is InChI=1S/C29H33N3O3/c1-31(2)14-17-5-7-21-19(11-17)20-13-29(34)23-12-18-6-8-22(33)26-24(18)28(29,27(35-26)25(20)30-21)9-10-32(23)15-16-3-4-16/h5-8,11,16,23,27,30,33-34H,3-4,9-10,12-15H2,1-2H3/t23-,27+,28+,29-/m1/s1. The fraction of sp³-hybridized carbons (Fsp3) is 0.517. The Morgan fingerprint density at radius 3 is 2.86 bits per heavy atom. The van der Waals surface area contributed by atoms with Crippen molar-refractivity contribution >= 4 is 10.9 Å². The lowest BCUT2D eigenvalue weighted by Crippen LogP contribution is -2.74. The zero-order valence-corrected chi connectivity index (χ0v) is 20.5. The molecule has 3 aromatic rings. The molecule has 1 saturated carbocycles. The molecule has 2 fully saturated rings. The van der Waals surface area contributed by atoms with E-state index >= 15 is 0 Å². The van der Waals surface area contributed by atoms with Crippen molar-refractivity contribution in [2.45, 2.75) is 61.8 Å². The number of piperidine rings is 1. The predicted octanol–water partition coefficient (Wildman–Crippen LogP) is 3.63. The summed E-state index contributed by atoms with van der Waals surface area (Å²) >= 11 is 0. The van der Waals surface area contributed by atoms with Gasteiger partial charge < -0.3 is 24.8 Å². The fourth-order valence-corrected chi connectivity index (χ4v) is 8.13. The molecule has 2 bridgehead atoms. The zero-order chi connectivity index (χ0) is 23.7. The number of rotatable bonds is 4. The third-order valence-electron chi connectivity index (χ3n) is 9.72. The molecule has 0 radical (unpaired) electrons. The first-order chi connectivity index (χ1) is 16.9. The van der Waals surface area contributed by atoms with Crippen LogP contribution in [0.5, 0.6) is 11.5 Å². The zero-order valence-electron chi connectivity index (χ0n) is 20.5. The first-order valence-corrected chi connectivity index (χ1v) is 13.2. The van der Waals surface area contributed by atoms with Crippen LogP contribution in [0.3, 0.4) is 0 Å². The lowest BCUT2D eigenvalue weighted by molar-refractivity contribution is -0.173. The van der Waals surface area contributed by atoms with Crippen LogP contribution in [0.2, 0.25) is 0 Å². The molecule has 0 unspecified atom stereocenters. The van der Waals surface area contributed by atoms with Gasteiger partial charge in [-0.25, -0.2) is 0 Å². The van der Waals surface area contributed by atoms with Crippen LogP contribution in [-0.4, -0.2) is 63.8 Å². The maximum atomic E-state index is 12.9. The molecular formula is C29H33N3O3. The van der Waals surface area contributed by atoms with Gasteiger partial charge in [-0.1, -0.05) is 12.1 Å². The molecule has 1 aromatic heterocycles. The number of likely N-dealkylation sites (tertiary alicyclic amines) is 1. The molecule has 6 heteroatoms. The number of phenols is 1. The van der Waals surface area contributed by atoms with Crippen LogP contribution in [0.15, 0.2) is 30.3 Å². The molecule has 6 nitrogen and oxygen atoms in total. The second kappa shape index (κ2) is 6.61. The average molecular weight is 472 g/mol. The number of nitrogens with one attached hydrogen (secondary N) is 1. The quantitative estimate of drug-likeness (QED) is 0.542. The summed E-state index contributed by atoms with van der Waals surface area (Å²) in [4.78, 5) is 8.48. The number of hydrogen-bond donors (Lipinski definition) is 3. The summed E-state index contributed by atoms with van der Waals surface area (Å²) in [6.07, 6.45) is 4.60. The molecule has 35 heavy (non-hydrogen) atoms. The third-order valence-corrected chi connectivity index (χ3v) is 9.72. The number of benzene rings is 2. The van der Waals surface area contributed by atoms with Crippen molar-refractivity contribution in [1.82, 2.24) is 14.8 Å². The predicted molar refractivity (Wildman–Crippen MR) is 134 cm³/mol. The topological polar surface area (TPSA) is 72.0 Å². The molecule has 2 aliphatic heterocycles. The Balaban J connectivity index is 1.36. The summed E-state index contributed by atoms with van der Waals surface area (Å²) in [7, 11) is 4.18. The normalized spacial score (nSPS) is 32.6. The van der Waals surface area contributed by atoms with Crippen molar-refractivity contribution in [2.75, 3.05) is 27.2 Å². The fourth-order valence-electron chi connectivity index (χ4n) is 8.13. The SMILES string of the molecule is CN(C)Cc1ccc2[nH]c3c(c2c1)C[C@@]1(O)[C@H]2Cc4ccc(O)c5c4[C@@]1(CCN2CC1CC1)[C@H]3O5. The van der Waals surface area contributed by atoms with E-state index in [-0.39, 0.29) is 17.9 Å². The minimum Gasteiger partial charge on any atom is -0.504 e. The molecule has 8 rings (SSSR count). The van der Waals surface area contributed by atoms with Crippen LogP contribution in [0.25, 0.3) is 10.9 Å². The summed E-state index contributed by atoms with van der Waals surface area (Å²) in [5.41, 5.74) is 5.50. The second-order valence-electron chi connectivity index (χ2n) is 12.1. The summed E-state index contributed by atoms with van der Waals surface area (Å²) in [5, 5.41) is 25.0. The molecule has 5 aliphatic rings. The number of nitrogens with zero attached hydrogens (tertiary/aromatic N) is 2. The molecule has 182 valence electrons. The van der Waals surface area contributed by atoms with E-state index in [4.69, 9.17) is 4.74 Å². The van der Waals surface area contributed by atoms with E-state index in [0.717, 1.165) is 55.2 Å². The molecule has 3 heterocycles. The second-order valence-corrected chi connectivity index (χ2v) is 12.1. The van der Waals surface area contributed by atoms with E-state index in [2.05, 4.69) is 53.1 Å². The molecule has 0 amide bonds. The van der Waals surface area contributed by atoms with Crippen molar-refractivity contribution in [3.05, 3.63) is 58.3 Å². The number of H-pyrrole nitrogens is 1. The van der Waals surface area contributed by atoms with Gasteiger partial charge in [0.1, 0.15) is 0 Å². The molecular weight excluding hydrogens is 438 g/mol. The van der Waals surface area contributed by atoms with Crippen molar-refractivity contribution in [3.8, 4) is 11.5 Å². The van der Waals surface area contributed by atoms with E-state index in [1.165, 1.54) is 34.9 Å². The highest BCUT2D eigenvalue weighted by Gasteiger charge is 2.72. The van der Waals surface area contributed by atoms with Crippen molar-refractivity contribution < 1.29 is 14.9 Å². The number of hydrogen-bond acceptors (Lipinski definition) is 5. The Morgan fingerprint density at radius 2 is 2.06 bits per heavy atom. The van der Waals surface area contributed by atoms with Gasteiger partial charge in [-0.15, -0.1) is 0 Å². The van der Waals surface area contributed by atoms with Gasteiger partial charge in [0.05, 0.1) is 16.7 Å². The maximum Gasteiger partial charge on any atom is 0.166 e. The van der Waals surface area contributed by atoms with Gasteiger partial charge in [0.15, 0.2) is 17.6 Å². The van der Waals surface area contributed by atoms with Gasteiger partial charge in [-0.2, -0.15) is 0 Å². The van der Waals surface area contributed by atoms with Crippen LogP contribution in [0.4, 0.5) is 0 Å². The summed E-state index contributed by atoms with van der Waals surface area (Å²) in [6, 6.07) is 10.6. The molecule has 3 N–H and O–H groups in total. The Morgan fingerprint density at radius 1 is 1.20 bits per heavy atom. The number of fused-ring (bicyclic) bond motifs is 4. The Labute approximate surface area is 205 Å². The molecule has 3 aliphatic carbocycles. The maximum absolute atomic E-state index is 12.9. The van der Waals surface area contributed by atoms with Crippen LogP contribution >= 0.6 is 0 Å². The van der Waals surface area contributed by atoms with Gasteiger partial charge >= 0.3 is 0 Å². The highest BCUT2D eigenvalue weighted by molar-refractivity contribution is 5.87. The lowest BCUT2D eigenvalue weighted by Gasteiger charge is -2.62. The van der Waals surface area contributed by atoms with Crippen molar-refractivity contribution in [2.24, 2.45) is 5.92 Å². The monoisotopic (exact) mass is 471 g/mol. The molecule has 1 saturated heterocycles. The van der Waals surface area contributed by atoms with E-state index in [1.807, 2.05) is 0 Å². The van der Waals surface area contributed by atoms with E-state index in [1.54, 1.807) is 6.07 Å². The smallest absolute Gasteiger partial charge is 0.166 e. The highest BCUT2D eigenvalue weighted by atomic mass is 16.5. The molecule has 4 atom stereocenters. The van der Waals surface area contributed by atoms with Gasteiger partial charge in [0.25, 0.3) is 0 Å². The first kappa shape index (κ1) is 20.6. The Kier molecular flexibility index (Phi) is 3.90. The average Bonchev–Trinajstić information content (AvgIpc) is 3.46. The van der Waals surface area contributed by atoms with Gasteiger partial charge in [0, 0.05) is 42.0 Å².